The van der Waals surface area contributed by atoms with Gasteiger partial charge in [0.25, 0.3) is 0 Å². The first-order chi connectivity index (χ1) is 17.6. The van der Waals surface area contributed by atoms with E-state index in [4.69, 9.17) is 14.6 Å². The Balaban J connectivity index is 1.32. The lowest BCUT2D eigenvalue weighted by Gasteiger charge is -2.18. The van der Waals surface area contributed by atoms with Gasteiger partial charge in [0.15, 0.2) is 17.3 Å². The average molecular weight is 479 g/mol. The molecule has 0 unspecified atom stereocenters. The molecule has 0 saturated heterocycles. The molecule has 2 aromatic carbocycles. The minimum absolute atomic E-state index is 0.0909. The molecule has 1 N–H and O–H groups in total. The monoisotopic (exact) mass is 478 g/mol. The average Bonchev–Trinajstić information content (AvgIpc) is 3.32. The van der Waals surface area contributed by atoms with Crippen LogP contribution < -0.4 is 14.8 Å². The number of hydrogen-bond donors (Lipinski definition) is 1. The molecule has 0 radical (unpaired) electrons. The van der Waals surface area contributed by atoms with Gasteiger partial charge in [0.05, 0.1) is 28.8 Å². The fourth-order valence-corrected chi connectivity index (χ4v) is 4.16. The number of rotatable bonds is 5. The van der Waals surface area contributed by atoms with E-state index in [2.05, 4.69) is 20.3 Å². The number of amides is 1. The Kier molecular flexibility index (Phi) is 5.49. The van der Waals surface area contributed by atoms with Gasteiger partial charge in [-0.05, 0) is 49.4 Å². The van der Waals surface area contributed by atoms with Crippen molar-refractivity contribution in [1.29, 1.82) is 0 Å². The predicted molar refractivity (Wildman–Crippen MR) is 134 cm³/mol. The number of anilines is 1. The van der Waals surface area contributed by atoms with E-state index >= 15 is 0 Å². The van der Waals surface area contributed by atoms with Crippen LogP contribution in [0.4, 0.5) is 5.69 Å². The summed E-state index contributed by atoms with van der Waals surface area (Å²) in [5, 5.41) is 7.67. The fraction of sp³-hybridized carbons (Fsp3) is 0.148. The molecule has 9 heteroatoms. The van der Waals surface area contributed by atoms with Crippen molar-refractivity contribution >= 4 is 22.6 Å². The number of carbonyl (C=O) groups is 1. The maximum absolute atomic E-state index is 12.9. The highest BCUT2D eigenvalue weighted by Gasteiger charge is 2.17. The third-order valence-corrected chi connectivity index (χ3v) is 5.78. The van der Waals surface area contributed by atoms with Crippen LogP contribution in [0.3, 0.4) is 0 Å². The first-order valence-corrected chi connectivity index (χ1v) is 11.6. The zero-order valence-electron chi connectivity index (χ0n) is 19.5. The van der Waals surface area contributed by atoms with Crippen molar-refractivity contribution in [3.63, 3.8) is 0 Å². The molecule has 0 spiro atoms. The summed E-state index contributed by atoms with van der Waals surface area (Å²) in [6.07, 6.45) is 3.42. The van der Waals surface area contributed by atoms with Crippen molar-refractivity contribution < 1.29 is 14.3 Å². The second-order valence-corrected chi connectivity index (χ2v) is 8.41. The maximum atomic E-state index is 12.9. The van der Waals surface area contributed by atoms with Gasteiger partial charge >= 0.3 is 0 Å². The van der Waals surface area contributed by atoms with Crippen LogP contribution in [0.2, 0.25) is 0 Å². The Labute approximate surface area is 206 Å². The summed E-state index contributed by atoms with van der Waals surface area (Å²) >= 11 is 0. The van der Waals surface area contributed by atoms with E-state index in [1.807, 2.05) is 49.4 Å². The van der Waals surface area contributed by atoms with Gasteiger partial charge < -0.3 is 14.8 Å². The van der Waals surface area contributed by atoms with Crippen LogP contribution in [0.15, 0.2) is 73.1 Å². The van der Waals surface area contributed by atoms with Gasteiger partial charge in [-0.15, -0.1) is 0 Å². The highest BCUT2D eigenvalue weighted by atomic mass is 16.6. The molecule has 0 aliphatic carbocycles. The lowest BCUT2D eigenvalue weighted by atomic mass is 10.1. The maximum Gasteiger partial charge on any atom is 0.230 e. The Bertz CT molecular complexity index is 1600. The summed E-state index contributed by atoms with van der Waals surface area (Å²) in [5.41, 5.74) is 5.41. The van der Waals surface area contributed by atoms with Crippen molar-refractivity contribution in [2.24, 2.45) is 0 Å². The quantitative estimate of drug-likeness (QED) is 0.405. The van der Waals surface area contributed by atoms with Crippen LogP contribution in [0, 0.1) is 6.92 Å². The minimum Gasteiger partial charge on any atom is -0.486 e. The van der Waals surface area contributed by atoms with Gasteiger partial charge in [0.1, 0.15) is 13.2 Å². The summed E-state index contributed by atoms with van der Waals surface area (Å²) in [6.45, 7) is 2.93. The summed E-state index contributed by atoms with van der Waals surface area (Å²) < 4.78 is 12.9. The third kappa shape index (κ3) is 4.34. The standard InChI is InChI=1S/C27H22N6O3/c1-17-3-2-4-26(30-17)33-23(18-5-7-21-22(13-18)29-10-9-28-21)14-20(32-33)16-27(34)31-19-6-8-24-25(15-19)36-12-11-35-24/h2-10,13-15H,11-12,16H2,1H3,(H,31,34). The molecule has 4 heterocycles. The topological polar surface area (TPSA) is 104 Å². The lowest BCUT2D eigenvalue weighted by molar-refractivity contribution is -0.115. The summed E-state index contributed by atoms with van der Waals surface area (Å²) in [7, 11) is 0. The van der Waals surface area contributed by atoms with E-state index in [-0.39, 0.29) is 12.3 Å². The van der Waals surface area contributed by atoms with Gasteiger partial charge in [0, 0.05) is 35.4 Å². The fourth-order valence-electron chi connectivity index (χ4n) is 4.16. The van der Waals surface area contributed by atoms with Crippen LogP contribution in [-0.2, 0) is 11.2 Å². The van der Waals surface area contributed by atoms with Crippen LogP contribution in [0.5, 0.6) is 11.5 Å². The number of carbonyl (C=O) groups excluding carboxylic acids is 1. The summed E-state index contributed by atoms with van der Waals surface area (Å²) in [6, 6.07) is 18.9. The Morgan fingerprint density at radius 3 is 2.64 bits per heavy atom. The molecule has 178 valence electrons. The molecule has 1 amide bonds. The zero-order chi connectivity index (χ0) is 24.5. The molecule has 3 aromatic heterocycles. The number of benzene rings is 2. The second kappa shape index (κ2) is 9.10. The van der Waals surface area contributed by atoms with Crippen molar-refractivity contribution in [3.05, 3.63) is 84.4 Å². The molecular weight excluding hydrogens is 456 g/mol. The highest BCUT2D eigenvalue weighted by Crippen LogP contribution is 2.32. The number of nitrogens with zero attached hydrogens (tertiary/aromatic N) is 5. The van der Waals surface area contributed by atoms with Gasteiger partial charge in [-0.2, -0.15) is 5.10 Å². The smallest absolute Gasteiger partial charge is 0.230 e. The summed E-state index contributed by atoms with van der Waals surface area (Å²) in [5.74, 6) is 1.77. The first-order valence-electron chi connectivity index (χ1n) is 11.6. The summed E-state index contributed by atoms with van der Waals surface area (Å²) in [4.78, 5) is 26.3. The van der Waals surface area contributed by atoms with Crippen LogP contribution in [0.1, 0.15) is 11.4 Å². The van der Waals surface area contributed by atoms with Gasteiger partial charge in [0.2, 0.25) is 5.91 Å². The Morgan fingerprint density at radius 1 is 0.944 bits per heavy atom. The van der Waals surface area contributed by atoms with Crippen LogP contribution in [-0.4, -0.2) is 43.9 Å². The van der Waals surface area contributed by atoms with Gasteiger partial charge in [-0.1, -0.05) is 12.1 Å². The van der Waals surface area contributed by atoms with E-state index in [1.165, 1.54) is 0 Å². The van der Waals surface area contributed by atoms with Crippen molar-refractivity contribution in [3.8, 4) is 28.6 Å². The molecule has 0 atom stereocenters. The van der Waals surface area contributed by atoms with Gasteiger partial charge in [-0.25, -0.2) is 9.67 Å². The molecule has 9 nitrogen and oxygen atoms in total. The van der Waals surface area contributed by atoms with Crippen LogP contribution >= 0.6 is 0 Å². The van der Waals surface area contributed by atoms with E-state index < -0.39 is 0 Å². The number of nitrogens with one attached hydrogen (secondary N) is 1. The normalized spacial score (nSPS) is 12.5. The largest absolute Gasteiger partial charge is 0.486 e. The molecule has 0 bridgehead atoms. The number of aromatic nitrogens is 5. The second-order valence-electron chi connectivity index (χ2n) is 8.41. The SMILES string of the molecule is Cc1cccc(-n2nc(CC(=O)Nc3ccc4c(c3)OCCO4)cc2-c2ccc3nccnc3c2)n1. The minimum atomic E-state index is -0.190. The van der Waals surface area contributed by atoms with E-state index in [9.17, 15) is 4.79 Å². The molecule has 0 saturated carbocycles. The number of pyridine rings is 1. The predicted octanol–water partition coefficient (Wildman–Crippen LogP) is 4.14. The van der Waals surface area contributed by atoms with Gasteiger partial charge in [-0.3, -0.25) is 14.8 Å². The van der Waals surface area contributed by atoms with E-state index in [0.29, 0.717) is 41.9 Å². The molecule has 1 aliphatic heterocycles. The molecule has 5 aromatic rings. The van der Waals surface area contributed by atoms with Crippen molar-refractivity contribution in [2.75, 3.05) is 18.5 Å². The Morgan fingerprint density at radius 2 is 1.78 bits per heavy atom. The first kappa shape index (κ1) is 21.7. The number of aryl methyl sites for hydroxylation is 1. The number of fused-ring (bicyclic) bond motifs is 2. The highest BCUT2D eigenvalue weighted by molar-refractivity contribution is 5.92. The zero-order valence-corrected chi connectivity index (χ0v) is 19.5. The molecule has 1 aliphatic rings. The molecule has 0 fully saturated rings. The van der Waals surface area contributed by atoms with Crippen LogP contribution in [0.25, 0.3) is 28.1 Å². The lowest BCUT2D eigenvalue weighted by Crippen LogP contribution is -2.17. The molecule has 6 rings (SSSR count). The van der Waals surface area contributed by atoms with Crippen molar-refractivity contribution in [2.45, 2.75) is 13.3 Å². The van der Waals surface area contributed by atoms with Crippen molar-refractivity contribution in [1.82, 2.24) is 24.7 Å². The third-order valence-electron chi connectivity index (χ3n) is 5.78. The van der Waals surface area contributed by atoms with E-state index in [1.54, 1.807) is 35.3 Å². The van der Waals surface area contributed by atoms with E-state index in [0.717, 1.165) is 28.0 Å². The number of ether oxygens (including phenoxy) is 2. The molecular formula is C27H22N6O3. The Hall–Kier alpha value is -4.79. The number of hydrogen-bond acceptors (Lipinski definition) is 7. The molecule has 36 heavy (non-hydrogen) atoms.